The minimum absolute atomic E-state index is 0.0748. The maximum absolute atomic E-state index is 12.6. The molecule has 1 aromatic heterocycles. The monoisotopic (exact) mass is 353 g/mol. The van der Waals surface area contributed by atoms with Crippen molar-refractivity contribution in [2.45, 2.75) is 29.5 Å². The van der Waals surface area contributed by atoms with Gasteiger partial charge in [0.05, 0.1) is 5.69 Å². The van der Waals surface area contributed by atoms with Crippen molar-refractivity contribution < 1.29 is 18.0 Å². The zero-order chi connectivity index (χ0) is 16.4. The third kappa shape index (κ3) is 2.48. The molecule has 1 saturated heterocycles. The Hall–Kier alpha value is -1.71. The van der Waals surface area contributed by atoms with E-state index in [1.807, 2.05) is 0 Å². The Morgan fingerprint density at radius 2 is 2.09 bits per heavy atom. The van der Waals surface area contributed by atoms with Gasteiger partial charge >= 0.3 is 6.03 Å². The summed E-state index contributed by atoms with van der Waals surface area (Å²) in [5, 5.41) is 9.22. The van der Waals surface area contributed by atoms with E-state index in [4.69, 9.17) is 5.14 Å². The number of nitrogens with zero attached hydrogens (tertiary/aromatic N) is 1. The Labute approximate surface area is 137 Å². The molecule has 1 aliphatic heterocycles. The van der Waals surface area contributed by atoms with Crippen molar-refractivity contribution in [1.29, 1.82) is 0 Å². The molecular formula is C14H15N3O4S2. The summed E-state index contributed by atoms with van der Waals surface area (Å²) < 4.78 is 22.6. The number of urea groups is 1. The summed E-state index contributed by atoms with van der Waals surface area (Å²) in [6, 6.07) is 0.0888. The van der Waals surface area contributed by atoms with Crippen molar-refractivity contribution >= 4 is 39.0 Å². The van der Waals surface area contributed by atoms with Gasteiger partial charge in [0, 0.05) is 5.38 Å². The number of imide groups is 1. The number of carbonyl (C=O) groups excluding carboxylic acids is 2. The molecule has 3 atom stereocenters. The van der Waals surface area contributed by atoms with Crippen molar-refractivity contribution in [3.8, 4) is 0 Å². The molecule has 7 nitrogen and oxygen atoms in total. The molecule has 2 aliphatic carbocycles. The first-order valence-corrected chi connectivity index (χ1v) is 9.72. The Kier molecular flexibility index (Phi) is 3.16. The first-order valence-electron chi connectivity index (χ1n) is 7.29. The number of amides is 3. The van der Waals surface area contributed by atoms with Crippen LogP contribution >= 0.6 is 11.3 Å². The highest BCUT2D eigenvalue weighted by atomic mass is 32.2. The van der Waals surface area contributed by atoms with Crippen molar-refractivity contribution in [2.75, 3.05) is 4.90 Å². The molecule has 3 amide bonds. The maximum Gasteiger partial charge on any atom is 0.329 e. The zero-order valence-corrected chi connectivity index (χ0v) is 13.7. The van der Waals surface area contributed by atoms with E-state index in [0.717, 1.165) is 40.6 Å². The van der Waals surface area contributed by atoms with E-state index in [1.165, 1.54) is 17.9 Å². The minimum atomic E-state index is -3.84. The number of fused-ring (bicyclic) bond motifs is 1. The van der Waals surface area contributed by atoms with E-state index in [0.29, 0.717) is 5.92 Å². The molecule has 2 heterocycles. The van der Waals surface area contributed by atoms with Gasteiger partial charge in [-0.25, -0.2) is 23.3 Å². The van der Waals surface area contributed by atoms with Crippen molar-refractivity contribution in [1.82, 2.24) is 5.32 Å². The average molecular weight is 353 g/mol. The third-order valence-electron chi connectivity index (χ3n) is 4.66. The number of primary sulfonamides is 1. The van der Waals surface area contributed by atoms with Gasteiger partial charge < -0.3 is 5.32 Å². The predicted molar refractivity (Wildman–Crippen MR) is 84.4 cm³/mol. The number of hydrogen-bond donors (Lipinski definition) is 2. The number of carbonyl (C=O) groups is 2. The molecule has 3 N–H and O–H groups in total. The summed E-state index contributed by atoms with van der Waals surface area (Å²) in [7, 11) is -3.84. The predicted octanol–water partition coefficient (Wildman–Crippen LogP) is 1.18. The van der Waals surface area contributed by atoms with Gasteiger partial charge in [-0.1, -0.05) is 6.08 Å². The van der Waals surface area contributed by atoms with Crippen LogP contribution in [0.15, 0.2) is 27.3 Å². The fourth-order valence-corrected chi connectivity index (χ4v) is 4.89. The molecule has 4 rings (SSSR count). The van der Waals surface area contributed by atoms with Gasteiger partial charge in [0.25, 0.3) is 5.91 Å². The lowest BCUT2D eigenvalue weighted by molar-refractivity contribution is -0.117. The Morgan fingerprint density at radius 1 is 1.30 bits per heavy atom. The SMILES string of the molecule is NS(=O)(=O)c1cc(N2C(=O)N[C@H](C3=CCC4CC4C3)C2=O)cs1. The molecular weight excluding hydrogens is 338 g/mol. The molecule has 1 aromatic rings. The maximum atomic E-state index is 12.6. The number of anilines is 1. The van der Waals surface area contributed by atoms with Crippen LogP contribution in [0.3, 0.4) is 0 Å². The molecule has 9 heteroatoms. The van der Waals surface area contributed by atoms with Gasteiger partial charge in [0.1, 0.15) is 10.3 Å². The second-order valence-corrected chi connectivity index (χ2v) is 8.90. The van der Waals surface area contributed by atoms with Gasteiger partial charge in [0.15, 0.2) is 0 Å². The molecule has 2 fully saturated rings. The summed E-state index contributed by atoms with van der Waals surface area (Å²) in [5.74, 6) is 1.03. The summed E-state index contributed by atoms with van der Waals surface area (Å²) in [6.45, 7) is 0. The van der Waals surface area contributed by atoms with Crippen LogP contribution in [0.4, 0.5) is 10.5 Å². The number of sulfonamides is 1. The van der Waals surface area contributed by atoms with Crippen LogP contribution in [0.2, 0.25) is 0 Å². The van der Waals surface area contributed by atoms with E-state index < -0.39 is 22.1 Å². The molecule has 0 radical (unpaired) electrons. The van der Waals surface area contributed by atoms with Crippen LogP contribution in [-0.4, -0.2) is 26.4 Å². The summed E-state index contributed by atoms with van der Waals surface area (Å²) in [4.78, 5) is 25.8. The molecule has 122 valence electrons. The molecule has 0 aromatic carbocycles. The quantitative estimate of drug-likeness (QED) is 0.628. The van der Waals surface area contributed by atoms with Gasteiger partial charge in [-0.3, -0.25) is 4.79 Å². The van der Waals surface area contributed by atoms with E-state index in [2.05, 4.69) is 11.4 Å². The van der Waals surface area contributed by atoms with Crippen molar-refractivity contribution in [3.05, 3.63) is 23.1 Å². The fourth-order valence-electron chi connectivity index (χ4n) is 3.32. The van der Waals surface area contributed by atoms with Gasteiger partial charge in [-0.15, -0.1) is 11.3 Å². The Balaban J connectivity index is 1.60. The number of allylic oxidation sites excluding steroid dienone is 1. The topological polar surface area (TPSA) is 110 Å². The number of rotatable bonds is 3. The normalized spacial score (nSPS) is 30.0. The zero-order valence-electron chi connectivity index (χ0n) is 12.1. The van der Waals surface area contributed by atoms with E-state index >= 15 is 0 Å². The van der Waals surface area contributed by atoms with Gasteiger partial charge in [0.2, 0.25) is 10.0 Å². The molecule has 0 spiro atoms. The Morgan fingerprint density at radius 3 is 2.74 bits per heavy atom. The van der Waals surface area contributed by atoms with E-state index in [9.17, 15) is 18.0 Å². The summed E-state index contributed by atoms with van der Waals surface area (Å²) >= 11 is 0.890. The van der Waals surface area contributed by atoms with Crippen molar-refractivity contribution in [2.24, 2.45) is 17.0 Å². The van der Waals surface area contributed by atoms with E-state index in [1.54, 1.807) is 0 Å². The smallest absolute Gasteiger partial charge is 0.322 e. The first kappa shape index (κ1) is 14.9. The van der Waals surface area contributed by atoms with Crippen molar-refractivity contribution in [3.63, 3.8) is 0 Å². The second kappa shape index (κ2) is 4.89. The highest BCUT2D eigenvalue weighted by molar-refractivity contribution is 7.91. The van der Waals surface area contributed by atoms with Crippen LogP contribution in [-0.2, 0) is 14.8 Å². The fraction of sp³-hybridized carbons (Fsp3) is 0.429. The van der Waals surface area contributed by atoms with Crippen LogP contribution in [0.1, 0.15) is 19.3 Å². The minimum Gasteiger partial charge on any atom is -0.322 e. The highest BCUT2D eigenvalue weighted by Gasteiger charge is 2.46. The summed E-state index contributed by atoms with van der Waals surface area (Å²) in [5.41, 5.74) is 1.20. The standard InChI is InChI=1S/C14H15N3O4S2/c15-23(20,21)11-5-10(6-22-11)17-13(18)12(16-14(17)19)8-2-1-7-3-9(7)4-8/h2,5-7,9,12H,1,3-4H2,(H,16,19)(H2,15,20,21)/t7?,9?,12-/m1/s1. The average Bonchev–Trinajstić information content (AvgIpc) is 2.96. The summed E-state index contributed by atoms with van der Waals surface area (Å²) in [6.07, 6.45) is 5.07. The van der Waals surface area contributed by atoms with Gasteiger partial charge in [-0.05, 0) is 42.7 Å². The first-order chi connectivity index (χ1) is 10.8. The highest BCUT2D eigenvalue weighted by Crippen LogP contribution is 2.49. The number of nitrogens with two attached hydrogens (primary N) is 1. The lowest BCUT2D eigenvalue weighted by atomic mass is 9.94. The van der Waals surface area contributed by atoms with Crippen LogP contribution in [0.25, 0.3) is 0 Å². The second-order valence-electron chi connectivity index (χ2n) is 6.20. The Bertz CT molecular complexity index is 842. The molecule has 23 heavy (non-hydrogen) atoms. The molecule has 0 bridgehead atoms. The molecule has 2 unspecified atom stereocenters. The van der Waals surface area contributed by atoms with E-state index in [-0.39, 0.29) is 15.8 Å². The number of thiophene rings is 1. The number of hydrogen-bond acceptors (Lipinski definition) is 5. The number of nitrogens with one attached hydrogen (secondary N) is 1. The lowest BCUT2D eigenvalue weighted by Crippen LogP contribution is -2.32. The lowest BCUT2D eigenvalue weighted by Gasteiger charge is -2.17. The van der Waals surface area contributed by atoms with Crippen LogP contribution in [0, 0.1) is 11.8 Å². The van der Waals surface area contributed by atoms with Crippen LogP contribution < -0.4 is 15.4 Å². The largest absolute Gasteiger partial charge is 0.329 e. The molecule has 3 aliphatic rings. The van der Waals surface area contributed by atoms with Gasteiger partial charge in [-0.2, -0.15) is 0 Å². The van der Waals surface area contributed by atoms with Crippen LogP contribution in [0.5, 0.6) is 0 Å². The molecule has 1 saturated carbocycles. The third-order valence-corrected chi connectivity index (χ3v) is 7.03.